The zero-order valence-corrected chi connectivity index (χ0v) is 15.7. The van der Waals surface area contributed by atoms with Crippen LogP contribution in [-0.2, 0) is 0 Å². The largest absolute Gasteiger partial charge is 0.396 e. The van der Waals surface area contributed by atoms with E-state index >= 15 is 0 Å². The topological polar surface area (TPSA) is 85.9 Å². The molecule has 0 bridgehead atoms. The van der Waals surface area contributed by atoms with Crippen LogP contribution in [0.15, 0.2) is 24.4 Å². The van der Waals surface area contributed by atoms with E-state index in [0.29, 0.717) is 6.54 Å². The molecule has 0 atom stereocenters. The number of H-pyrrole nitrogens is 1. The molecule has 134 valence electrons. The molecular formula is C18H25N5OS. The third kappa shape index (κ3) is 4.11. The Morgan fingerprint density at radius 1 is 1.28 bits per heavy atom. The van der Waals surface area contributed by atoms with Gasteiger partial charge >= 0.3 is 0 Å². The summed E-state index contributed by atoms with van der Waals surface area (Å²) in [5, 5.41) is 23.4. The molecule has 7 heteroatoms. The fraction of sp³-hybridized carbons (Fsp3) is 0.444. The van der Waals surface area contributed by atoms with Crippen molar-refractivity contribution in [2.75, 3.05) is 30.3 Å². The standard InChI is InChI=1S/C18H25N5OS/c1-4-6-19-16-9-13(20-10-18(2,3)11-24)17-14(22-16)8-15(25-17)12-5-7-21-23-12/h5,7-9,24H,4,6,10-11H2,1-3H3,(H,21,23)(H2,19,20,22). The molecule has 0 radical (unpaired) electrons. The van der Waals surface area contributed by atoms with Gasteiger partial charge in [0.15, 0.2) is 0 Å². The predicted molar refractivity (Wildman–Crippen MR) is 105 cm³/mol. The van der Waals surface area contributed by atoms with E-state index in [1.54, 1.807) is 17.5 Å². The van der Waals surface area contributed by atoms with Crippen LogP contribution in [0.2, 0.25) is 0 Å². The summed E-state index contributed by atoms with van der Waals surface area (Å²) in [6.07, 6.45) is 2.80. The Kier molecular flexibility index (Phi) is 5.24. The third-order valence-electron chi connectivity index (χ3n) is 3.99. The van der Waals surface area contributed by atoms with E-state index in [9.17, 15) is 5.11 Å². The van der Waals surface area contributed by atoms with Crippen LogP contribution in [0, 0.1) is 5.41 Å². The summed E-state index contributed by atoms with van der Waals surface area (Å²) in [5.41, 5.74) is 2.81. The minimum atomic E-state index is -0.184. The lowest BCUT2D eigenvalue weighted by Crippen LogP contribution is -2.26. The fourth-order valence-corrected chi connectivity index (χ4v) is 3.48. The molecule has 0 fully saturated rings. The first kappa shape index (κ1) is 17.7. The highest BCUT2D eigenvalue weighted by Gasteiger charge is 2.18. The van der Waals surface area contributed by atoms with E-state index in [1.165, 1.54) is 0 Å². The van der Waals surface area contributed by atoms with Gasteiger partial charge in [0, 0.05) is 37.4 Å². The van der Waals surface area contributed by atoms with Gasteiger partial charge in [0.25, 0.3) is 0 Å². The van der Waals surface area contributed by atoms with Crippen LogP contribution in [0.1, 0.15) is 27.2 Å². The van der Waals surface area contributed by atoms with Crippen molar-refractivity contribution in [3.05, 3.63) is 24.4 Å². The molecule has 0 amide bonds. The van der Waals surface area contributed by atoms with Crippen molar-refractivity contribution in [3.63, 3.8) is 0 Å². The fourth-order valence-electron chi connectivity index (χ4n) is 2.41. The summed E-state index contributed by atoms with van der Waals surface area (Å²) in [6, 6.07) is 6.11. The molecule has 3 aromatic rings. The number of thiophene rings is 1. The van der Waals surface area contributed by atoms with E-state index in [0.717, 1.165) is 45.3 Å². The van der Waals surface area contributed by atoms with Crippen LogP contribution in [0.4, 0.5) is 11.5 Å². The summed E-state index contributed by atoms with van der Waals surface area (Å²) in [5.74, 6) is 0.868. The van der Waals surface area contributed by atoms with Gasteiger partial charge in [-0.15, -0.1) is 11.3 Å². The maximum atomic E-state index is 9.51. The van der Waals surface area contributed by atoms with Crippen LogP contribution in [-0.4, -0.2) is 40.0 Å². The van der Waals surface area contributed by atoms with Gasteiger partial charge in [-0.05, 0) is 18.6 Å². The van der Waals surface area contributed by atoms with Crippen LogP contribution in [0.25, 0.3) is 20.8 Å². The highest BCUT2D eigenvalue weighted by atomic mass is 32.1. The molecular weight excluding hydrogens is 334 g/mol. The summed E-state index contributed by atoms with van der Waals surface area (Å²) in [4.78, 5) is 5.85. The number of fused-ring (bicyclic) bond motifs is 1. The molecule has 3 rings (SSSR count). The number of pyridine rings is 1. The van der Waals surface area contributed by atoms with Gasteiger partial charge in [-0.1, -0.05) is 20.8 Å². The molecule has 0 aliphatic heterocycles. The third-order valence-corrected chi connectivity index (χ3v) is 5.18. The summed E-state index contributed by atoms with van der Waals surface area (Å²) >= 11 is 1.69. The maximum absolute atomic E-state index is 9.51. The van der Waals surface area contributed by atoms with E-state index in [2.05, 4.69) is 39.9 Å². The molecule has 3 aromatic heterocycles. The number of aliphatic hydroxyl groups excluding tert-OH is 1. The minimum absolute atomic E-state index is 0.138. The Morgan fingerprint density at radius 3 is 2.80 bits per heavy atom. The van der Waals surface area contributed by atoms with E-state index in [-0.39, 0.29) is 12.0 Å². The van der Waals surface area contributed by atoms with Crippen molar-refractivity contribution in [1.82, 2.24) is 15.2 Å². The first-order valence-corrected chi connectivity index (χ1v) is 9.37. The lowest BCUT2D eigenvalue weighted by molar-refractivity contribution is 0.171. The van der Waals surface area contributed by atoms with Crippen LogP contribution in [0.3, 0.4) is 0 Å². The highest BCUT2D eigenvalue weighted by Crippen LogP contribution is 2.37. The van der Waals surface area contributed by atoms with Crippen molar-refractivity contribution in [2.45, 2.75) is 27.2 Å². The Labute approximate surface area is 151 Å². The Bertz CT molecular complexity index is 825. The smallest absolute Gasteiger partial charge is 0.128 e. The summed E-state index contributed by atoms with van der Waals surface area (Å²) in [6.45, 7) is 7.93. The lowest BCUT2D eigenvalue weighted by Gasteiger charge is -2.23. The number of hydrogen-bond donors (Lipinski definition) is 4. The molecule has 0 aromatic carbocycles. The van der Waals surface area contributed by atoms with Gasteiger partial charge in [-0.3, -0.25) is 5.10 Å². The molecule has 0 spiro atoms. The van der Waals surface area contributed by atoms with Crippen LogP contribution in [0.5, 0.6) is 0 Å². The minimum Gasteiger partial charge on any atom is -0.396 e. The molecule has 0 aliphatic rings. The van der Waals surface area contributed by atoms with Gasteiger partial charge < -0.3 is 15.7 Å². The first-order valence-electron chi connectivity index (χ1n) is 8.55. The van der Waals surface area contributed by atoms with Gasteiger partial charge in [-0.2, -0.15) is 5.10 Å². The second-order valence-electron chi connectivity index (χ2n) is 6.95. The molecule has 4 N–H and O–H groups in total. The number of aromatic nitrogens is 3. The van der Waals surface area contributed by atoms with Gasteiger partial charge in [-0.25, -0.2) is 4.98 Å². The van der Waals surface area contributed by atoms with Crippen LogP contribution < -0.4 is 10.6 Å². The highest BCUT2D eigenvalue weighted by molar-refractivity contribution is 7.22. The second-order valence-corrected chi connectivity index (χ2v) is 8.01. The SMILES string of the molecule is CCCNc1cc(NCC(C)(C)CO)c2sc(-c3ccn[nH]3)cc2n1. The zero-order valence-electron chi connectivity index (χ0n) is 14.9. The predicted octanol–water partition coefficient (Wildman–Crippen LogP) is 3.94. The van der Waals surface area contributed by atoms with Crippen molar-refractivity contribution in [2.24, 2.45) is 5.41 Å². The number of nitrogens with zero attached hydrogens (tertiary/aromatic N) is 2. The van der Waals surface area contributed by atoms with Crippen molar-refractivity contribution in [1.29, 1.82) is 0 Å². The van der Waals surface area contributed by atoms with Crippen molar-refractivity contribution < 1.29 is 5.11 Å². The quantitative estimate of drug-likeness (QED) is 0.489. The van der Waals surface area contributed by atoms with Crippen molar-refractivity contribution in [3.8, 4) is 10.6 Å². The molecule has 0 saturated heterocycles. The molecule has 0 unspecified atom stereocenters. The van der Waals surface area contributed by atoms with E-state index < -0.39 is 0 Å². The lowest BCUT2D eigenvalue weighted by atomic mass is 9.95. The van der Waals surface area contributed by atoms with Crippen molar-refractivity contribution >= 4 is 33.1 Å². The Hall–Kier alpha value is -2.12. The number of aromatic amines is 1. The molecule has 0 saturated carbocycles. The average Bonchev–Trinajstić information content (AvgIpc) is 3.26. The number of hydrogen-bond acceptors (Lipinski definition) is 6. The molecule has 3 heterocycles. The van der Waals surface area contributed by atoms with Gasteiger partial charge in [0.2, 0.25) is 0 Å². The van der Waals surface area contributed by atoms with Gasteiger partial charge in [0.1, 0.15) is 5.82 Å². The zero-order chi connectivity index (χ0) is 17.9. The number of nitrogens with one attached hydrogen (secondary N) is 3. The average molecular weight is 359 g/mol. The Balaban J connectivity index is 1.98. The second kappa shape index (κ2) is 7.41. The first-order chi connectivity index (χ1) is 12.0. The van der Waals surface area contributed by atoms with Crippen LogP contribution >= 0.6 is 11.3 Å². The number of aliphatic hydroxyl groups is 1. The van der Waals surface area contributed by atoms with E-state index in [4.69, 9.17) is 4.98 Å². The Morgan fingerprint density at radius 2 is 2.12 bits per heavy atom. The maximum Gasteiger partial charge on any atom is 0.128 e. The summed E-state index contributed by atoms with van der Waals surface area (Å²) < 4.78 is 1.11. The molecule has 0 aliphatic carbocycles. The monoisotopic (exact) mass is 359 g/mol. The van der Waals surface area contributed by atoms with Gasteiger partial charge in [0.05, 0.1) is 26.5 Å². The summed E-state index contributed by atoms with van der Waals surface area (Å²) in [7, 11) is 0. The molecule has 25 heavy (non-hydrogen) atoms. The normalized spacial score (nSPS) is 11.8. The van der Waals surface area contributed by atoms with E-state index in [1.807, 2.05) is 19.9 Å². The molecule has 6 nitrogen and oxygen atoms in total. The number of anilines is 2. The number of rotatable bonds is 8.